The third-order valence-electron chi connectivity index (χ3n) is 4.49. The van der Waals surface area contributed by atoms with Gasteiger partial charge in [-0.15, -0.1) is 0 Å². The first-order valence-corrected chi connectivity index (χ1v) is 9.80. The fraction of sp³-hybridized carbons (Fsp3) is 0.130. The maximum atomic E-state index is 13.3. The third kappa shape index (κ3) is 3.91. The number of aryl methyl sites for hydroxylation is 1. The molecule has 4 heteroatoms. The van der Waals surface area contributed by atoms with Crippen LogP contribution in [0.3, 0.4) is 0 Å². The van der Waals surface area contributed by atoms with E-state index in [1.165, 1.54) is 5.56 Å². The van der Waals surface area contributed by atoms with E-state index in [4.69, 9.17) is 4.98 Å². The smallest absolute Gasteiger partial charge is 0.260 e. The number of rotatable bonds is 5. The van der Waals surface area contributed by atoms with Gasteiger partial charge in [-0.3, -0.25) is 9.69 Å². The number of nitrogens with zero attached hydrogens (tertiary/aromatic N) is 2. The van der Waals surface area contributed by atoms with Crippen LogP contribution >= 0.6 is 11.3 Å². The number of hydrogen-bond donors (Lipinski definition) is 0. The fourth-order valence-electron chi connectivity index (χ4n) is 3.08. The van der Waals surface area contributed by atoms with Crippen LogP contribution in [0.2, 0.25) is 0 Å². The van der Waals surface area contributed by atoms with Gasteiger partial charge in [0.2, 0.25) is 0 Å². The average molecular weight is 372 g/mol. The molecular formula is C23H20N2OS. The van der Waals surface area contributed by atoms with Crippen molar-refractivity contribution in [1.29, 1.82) is 0 Å². The van der Waals surface area contributed by atoms with E-state index in [0.29, 0.717) is 12.1 Å². The average Bonchev–Trinajstić information content (AvgIpc) is 3.12. The van der Waals surface area contributed by atoms with Crippen molar-refractivity contribution in [1.82, 2.24) is 4.98 Å². The summed E-state index contributed by atoms with van der Waals surface area (Å²) in [6, 6.07) is 26.0. The van der Waals surface area contributed by atoms with Gasteiger partial charge >= 0.3 is 0 Å². The molecule has 3 nitrogen and oxygen atoms in total. The van der Waals surface area contributed by atoms with Crippen molar-refractivity contribution in [3.63, 3.8) is 0 Å². The Morgan fingerprint density at radius 2 is 1.74 bits per heavy atom. The second kappa shape index (κ2) is 7.72. The van der Waals surface area contributed by atoms with Crippen molar-refractivity contribution in [2.45, 2.75) is 13.3 Å². The summed E-state index contributed by atoms with van der Waals surface area (Å²) in [5.41, 5.74) is 3.91. The Morgan fingerprint density at radius 1 is 0.963 bits per heavy atom. The minimum absolute atomic E-state index is 0.00585. The van der Waals surface area contributed by atoms with Gasteiger partial charge in [0.05, 0.1) is 10.2 Å². The van der Waals surface area contributed by atoms with E-state index in [1.807, 2.05) is 78.6 Å². The van der Waals surface area contributed by atoms with Gasteiger partial charge in [-0.25, -0.2) is 4.98 Å². The Balaban J connectivity index is 1.68. The van der Waals surface area contributed by atoms with Crippen LogP contribution in [0.4, 0.5) is 5.13 Å². The van der Waals surface area contributed by atoms with Gasteiger partial charge in [0.15, 0.2) is 5.13 Å². The van der Waals surface area contributed by atoms with Crippen molar-refractivity contribution in [3.05, 3.63) is 95.6 Å². The van der Waals surface area contributed by atoms with Gasteiger partial charge in [0, 0.05) is 12.1 Å². The lowest BCUT2D eigenvalue weighted by Gasteiger charge is -2.20. The topological polar surface area (TPSA) is 33.2 Å². The van der Waals surface area contributed by atoms with Crippen LogP contribution in [0, 0.1) is 6.92 Å². The summed E-state index contributed by atoms with van der Waals surface area (Å²) in [6.07, 6.45) is 0.786. The van der Waals surface area contributed by atoms with Crippen LogP contribution in [0.15, 0.2) is 78.9 Å². The van der Waals surface area contributed by atoms with Crippen molar-refractivity contribution in [2.24, 2.45) is 0 Å². The maximum Gasteiger partial charge on any atom is 0.260 e. The summed E-state index contributed by atoms with van der Waals surface area (Å²) in [5.74, 6) is -0.00585. The molecule has 27 heavy (non-hydrogen) atoms. The lowest BCUT2D eigenvalue weighted by Crippen LogP contribution is -2.33. The van der Waals surface area contributed by atoms with Gasteiger partial charge in [-0.1, -0.05) is 71.5 Å². The highest BCUT2D eigenvalue weighted by Gasteiger charge is 2.21. The molecule has 0 aliphatic heterocycles. The highest BCUT2D eigenvalue weighted by Crippen LogP contribution is 2.29. The molecule has 4 aromatic rings. The summed E-state index contributed by atoms with van der Waals surface area (Å²) in [5, 5.41) is 0.749. The summed E-state index contributed by atoms with van der Waals surface area (Å²) >= 11 is 1.56. The third-order valence-corrected chi connectivity index (χ3v) is 5.55. The zero-order valence-electron chi connectivity index (χ0n) is 15.1. The molecule has 0 bridgehead atoms. The first-order chi connectivity index (χ1) is 13.2. The first-order valence-electron chi connectivity index (χ1n) is 8.99. The molecule has 0 aliphatic rings. The molecule has 1 amide bonds. The van der Waals surface area contributed by atoms with Gasteiger partial charge in [-0.05, 0) is 43.2 Å². The van der Waals surface area contributed by atoms with Crippen LogP contribution in [-0.4, -0.2) is 17.4 Å². The molecule has 0 atom stereocenters. The molecule has 0 unspecified atom stereocenters. The minimum Gasteiger partial charge on any atom is -0.284 e. The van der Waals surface area contributed by atoms with Crippen molar-refractivity contribution >= 4 is 32.6 Å². The Bertz CT molecular complexity index is 1040. The molecule has 0 N–H and O–H groups in total. The quantitative estimate of drug-likeness (QED) is 0.464. The molecule has 3 aromatic carbocycles. The SMILES string of the molecule is Cc1cccc(C(=O)N(CCc2ccccc2)c2nc3ccccc3s2)c1. The van der Waals surface area contributed by atoms with E-state index >= 15 is 0 Å². The summed E-state index contributed by atoms with van der Waals surface area (Å²) in [6.45, 7) is 2.60. The van der Waals surface area contributed by atoms with Crippen molar-refractivity contribution < 1.29 is 4.79 Å². The van der Waals surface area contributed by atoms with E-state index in [1.54, 1.807) is 11.3 Å². The Hall–Kier alpha value is -2.98. The molecule has 1 heterocycles. The van der Waals surface area contributed by atoms with Crippen LogP contribution < -0.4 is 4.90 Å². The van der Waals surface area contributed by atoms with Crippen molar-refractivity contribution in [2.75, 3.05) is 11.4 Å². The highest BCUT2D eigenvalue weighted by atomic mass is 32.1. The van der Waals surface area contributed by atoms with E-state index in [2.05, 4.69) is 12.1 Å². The van der Waals surface area contributed by atoms with E-state index in [-0.39, 0.29) is 5.91 Å². The van der Waals surface area contributed by atoms with Gasteiger partial charge < -0.3 is 0 Å². The largest absolute Gasteiger partial charge is 0.284 e. The monoisotopic (exact) mass is 372 g/mol. The number of amides is 1. The lowest BCUT2D eigenvalue weighted by molar-refractivity contribution is 0.0987. The standard InChI is InChI=1S/C23H20N2OS/c1-17-8-7-11-19(16-17)22(26)25(15-14-18-9-3-2-4-10-18)23-24-20-12-5-6-13-21(20)27-23/h2-13,16H,14-15H2,1H3. The predicted molar refractivity (Wildman–Crippen MR) is 113 cm³/mol. The summed E-state index contributed by atoms with van der Waals surface area (Å²) in [7, 11) is 0. The second-order valence-electron chi connectivity index (χ2n) is 6.53. The molecule has 0 fully saturated rings. The zero-order chi connectivity index (χ0) is 18.6. The Morgan fingerprint density at radius 3 is 2.52 bits per heavy atom. The molecule has 0 saturated heterocycles. The number of hydrogen-bond acceptors (Lipinski definition) is 3. The highest BCUT2D eigenvalue weighted by molar-refractivity contribution is 7.22. The number of carbonyl (C=O) groups excluding carboxylic acids is 1. The Labute approximate surface area is 162 Å². The molecule has 0 spiro atoms. The van der Waals surface area contributed by atoms with Crippen LogP contribution in [0.1, 0.15) is 21.5 Å². The minimum atomic E-state index is -0.00585. The molecular weight excluding hydrogens is 352 g/mol. The van der Waals surface area contributed by atoms with E-state index < -0.39 is 0 Å². The van der Waals surface area contributed by atoms with Gasteiger partial charge in [0.25, 0.3) is 5.91 Å². The van der Waals surface area contributed by atoms with Crippen LogP contribution in [0.5, 0.6) is 0 Å². The Kier molecular flexibility index (Phi) is 4.99. The molecule has 0 radical (unpaired) electrons. The van der Waals surface area contributed by atoms with Gasteiger partial charge in [-0.2, -0.15) is 0 Å². The molecule has 4 rings (SSSR count). The number of carbonyl (C=O) groups is 1. The summed E-state index contributed by atoms with van der Waals surface area (Å²) < 4.78 is 1.09. The van der Waals surface area contributed by atoms with Crippen LogP contribution in [-0.2, 0) is 6.42 Å². The summed E-state index contributed by atoms with van der Waals surface area (Å²) in [4.78, 5) is 19.8. The lowest BCUT2D eigenvalue weighted by atomic mass is 10.1. The number of fused-ring (bicyclic) bond motifs is 1. The number of para-hydroxylation sites is 1. The molecule has 1 aromatic heterocycles. The number of benzene rings is 3. The fourth-order valence-corrected chi connectivity index (χ4v) is 4.07. The van der Waals surface area contributed by atoms with E-state index in [0.717, 1.165) is 27.3 Å². The van der Waals surface area contributed by atoms with E-state index in [9.17, 15) is 4.79 Å². The predicted octanol–water partition coefficient (Wildman–Crippen LogP) is 5.49. The number of anilines is 1. The number of thiazole rings is 1. The maximum absolute atomic E-state index is 13.3. The molecule has 0 saturated carbocycles. The first kappa shape index (κ1) is 17.4. The normalized spacial score (nSPS) is 10.9. The second-order valence-corrected chi connectivity index (χ2v) is 7.54. The zero-order valence-corrected chi connectivity index (χ0v) is 15.9. The van der Waals surface area contributed by atoms with Crippen molar-refractivity contribution in [3.8, 4) is 0 Å². The molecule has 134 valence electrons. The molecule has 0 aliphatic carbocycles. The number of aromatic nitrogens is 1. The van der Waals surface area contributed by atoms with Gasteiger partial charge in [0.1, 0.15) is 0 Å². The van der Waals surface area contributed by atoms with Crippen LogP contribution in [0.25, 0.3) is 10.2 Å².